The Balaban J connectivity index is 2.54. The van der Waals surface area contributed by atoms with Gasteiger partial charge in [0.05, 0.1) is 25.3 Å². The van der Waals surface area contributed by atoms with Crippen LogP contribution >= 0.6 is 7.60 Å². The zero-order chi connectivity index (χ0) is 21.9. The van der Waals surface area contributed by atoms with Gasteiger partial charge in [-0.05, 0) is 38.0 Å². The molecule has 1 atom stereocenters. The highest BCUT2D eigenvalue weighted by Crippen LogP contribution is 2.50. The van der Waals surface area contributed by atoms with Gasteiger partial charge in [-0.25, -0.2) is 0 Å². The van der Waals surface area contributed by atoms with Crippen LogP contribution in [0.5, 0.6) is 5.75 Å². The molecule has 0 bridgehead atoms. The molecule has 1 rings (SSSR count). The first-order valence-electron chi connectivity index (χ1n) is 9.23. The van der Waals surface area contributed by atoms with Gasteiger partial charge in [-0.1, -0.05) is 12.1 Å². The van der Waals surface area contributed by atoms with Gasteiger partial charge in [0.25, 0.3) is 0 Å². The molecule has 0 amide bonds. The van der Waals surface area contributed by atoms with Gasteiger partial charge >= 0.3 is 25.5 Å². The minimum absolute atomic E-state index is 0.00664. The third-order valence-electron chi connectivity index (χ3n) is 3.73. The molecule has 0 saturated heterocycles. The van der Waals surface area contributed by atoms with Crippen molar-refractivity contribution >= 4 is 25.5 Å². The summed E-state index contributed by atoms with van der Waals surface area (Å²) < 4.78 is 32.8. The largest absolute Gasteiger partial charge is 0.481 e. The quantitative estimate of drug-likeness (QED) is 0.285. The van der Waals surface area contributed by atoms with E-state index in [2.05, 4.69) is 0 Å². The van der Waals surface area contributed by atoms with Gasteiger partial charge < -0.3 is 23.6 Å². The summed E-state index contributed by atoms with van der Waals surface area (Å²) in [5.41, 5.74) is 0.682. The summed E-state index contributed by atoms with van der Waals surface area (Å²) in [5, 5.41) is 9.36. The molecule has 1 N–H and O–H groups in total. The van der Waals surface area contributed by atoms with Crippen LogP contribution in [-0.2, 0) is 39.3 Å². The molecule has 0 radical (unpaired) electrons. The highest BCUT2D eigenvalue weighted by molar-refractivity contribution is 7.53. The Kier molecular flexibility index (Phi) is 10.6. The maximum Gasteiger partial charge on any atom is 0.331 e. The van der Waals surface area contributed by atoms with Crippen LogP contribution in [0.3, 0.4) is 0 Å². The number of benzene rings is 1. The lowest BCUT2D eigenvalue weighted by Crippen LogP contribution is -2.21. The molecule has 0 aliphatic heterocycles. The Morgan fingerprint density at radius 2 is 1.66 bits per heavy atom. The van der Waals surface area contributed by atoms with Gasteiger partial charge in [0.1, 0.15) is 12.4 Å². The van der Waals surface area contributed by atoms with Crippen LogP contribution in [0.25, 0.3) is 0 Å². The SMILES string of the molecule is CCOP(=O)(CC(CCC(=O)OCc1ccc(OC(C)=O)cc1)C(=O)O)OCC. The lowest BCUT2D eigenvalue weighted by Gasteiger charge is -2.20. The molecular formula is C19H27O9P. The number of hydrogen-bond acceptors (Lipinski definition) is 8. The van der Waals surface area contributed by atoms with E-state index in [0.29, 0.717) is 11.3 Å². The van der Waals surface area contributed by atoms with Gasteiger partial charge in [-0.3, -0.25) is 18.9 Å². The van der Waals surface area contributed by atoms with Crippen molar-refractivity contribution in [1.82, 2.24) is 0 Å². The summed E-state index contributed by atoms with van der Waals surface area (Å²) in [5.74, 6) is -2.88. The summed E-state index contributed by atoms with van der Waals surface area (Å²) >= 11 is 0. The highest BCUT2D eigenvalue weighted by Gasteiger charge is 2.32. The third-order valence-corrected chi connectivity index (χ3v) is 5.92. The maximum absolute atomic E-state index is 12.5. The van der Waals surface area contributed by atoms with Crippen molar-refractivity contribution in [1.29, 1.82) is 0 Å². The fourth-order valence-electron chi connectivity index (χ4n) is 2.45. The number of carboxylic acid groups (broad SMARTS) is 1. The van der Waals surface area contributed by atoms with Crippen LogP contribution in [0.2, 0.25) is 0 Å². The number of ether oxygens (including phenoxy) is 2. The summed E-state index contributed by atoms with van der Waals surface area (Å²) in [4.78, 5) is 34.3. The second-order valence-corrected chi connectivity index (χ2v) is 8.20. The van der Waals surface area contributed by atoms with E-state index in [-0.39, 0.29) is 38.8 Å². The first kappa shape index (κ1) is 24.8. The zero-order valence-electron chi connectivity index (χ0n) is 16.8. The number of carboxylic acids is 1. The molecule has 10 heteroatoms. The number of aliphatic carboxylic acids is 1. The molecule has 0 fully saturated rings. The molecule has 0 aliphatic carbocycles. The number of hydrogen-bond donors (Lipinski definition) is 1. The normalized spacial score (nSPS) is 12.2. The van der Waals surface area contributed by atoms with Crippen LogP contribution < -0.4 is 4.74 Å². The third kappa shape index (κ3) is 9.69. The summed E-state index contributed by atoms with van der Waals surface area (Å²) in [6.07, 6.45) is -0.515. The van der Waals surface area contributed by atoms with Crippen LogP contribution in [-0.4, -0.2) is 42.4 Å². The van der Waals surface area contributed by atoms with Gasteiger partial charge in [-0.2, -0.15) is 0 Å². The van der Waals surface area contributed by atoms with Crippen LogP contribution in [0.15, 0.2) is 24.3 Å². The average molecular weight is 430 g/mol. The van der Waals surface area contributed by atoms with E-state index < -0.39 is 31.4 Å². The molecule has 1 unspecified atom stereocenters. The van der Waals surface area contributed by atoms with Gasteiger partial charge in [0.15, 0.2) is 0 Å². The van der Waals surface area contributed by atoms with Crippen molar-refractivity contribution in [3.8, 4) is 5.75 Å². The Morgan fingerprint density at radius 3 is 2.14 bits per heavy atom. The van der Waals surface area contributed by atoms with E-state index in [0.717, 1.165) is 0 Å². The summed E-state index contributed by atoms with van der Waals surface area (Å²) in [6, 6.07) is 6.44. The summed E-state index contributed by atoms with van der Waals surface area (Å²) in [7, 11) is -3.54. The second kappa shape index (κ2) is 12.4. The lowest BCUT2D eigenvalue weighted by molar-refractivity contribution is -0.146. The van der Waals surface area contributed by atoms with Crippen LogP contribution in [0, 0.1) is 5.92 Å². The van der Waals surface area contributed by atoms with Gasteiger partial charge in [0, 0.05) is 13.3 Å². The number of rotatable bonds is 13. The zero-order valence-corrected chi connectivity index (χ0v) is 17.7. The fourth-order valence-corrected chi connectivity index (χ4v) is 4.40. The molecule has 0 heterocycles. The van der Waals surface area contributed by atoms with E-state index in [4.69, 9.17) is 18.5 Å². The Labute approximate surface area is 169 Å². The first-order chi connectivity index (χ1) is 13.7. The minimum Gasteiger partial charge on any atom is -0.481 e. The smallest absolute Gasteiger partial charge is 0.331 e. The number of carbonyl (C=O) groups excluding carboxylic acids is 2. The molecule has 29 heavy (non-hydrogen) atoms. The highest BCUT2D eigenvalue weighted by atomic mass is 31.2. The predicted octanol–water partition coefficient (Wildman–Crippen LogP) is 3.40. The van der Waals surface area contributed by atoms with Crippen LogP contribution in [0.1, 0.15) is 39.2 Å². The molecule has 1 aromatic carbocycles. The van der Waals surface area contributed by atoms with Crippen molar-refractivity contribution in [2.75, 3.05) is 19.4 Å². The van der Waals surface area contributed by atoms with Crippen molar-refractivity contribution in [3.63, 3.8) is 0 Å². The Hall–Kier alpha value is -2.22. The minimum atomic E-state index is -3.54. The maximum atomic E-state index is 12.5. The van der Waals surface area contributed by atoms with E-state index in [9.17, 15) is 24.1 Å². The standard InChI is InChI=1S/C19H27O9P/c1-4-26-29(24,27-5-2)13-16(19(22)23)8-11-18(21)25-12-15-6-9-17(10-7-15)28-14(3)20/h6-7,9-10,16H,4-5,8,11-13H2,1-3H3,(H,22,23). The molecule has 1 aromatic rings. The van der Waals surface area contributed by atoms with E-state index >= 15 is 0 Å². The summed E-state index contributed by atoms with van der Waals surface area (Å²) in [6.45, 7) is 4.81. The van der Waals surface area contributed by atoms with Crippen molar-refractivity contribution in [3.05, 3.63) is 29.8 Å². The van der Waals surface area contributed by atoms with Crippen molar-refractivity contribution in [2.24, 2.45) is 5.92 Å². The Bertz CT molecular complexity index is 720. The van der Waals surface area contributed by atoms with Gasteiger partial charge in [-0.15, -0.1) is 0 Å². The average Bonchev–Trinajstić information content (AvgIpc) is 2.64. The molecular weight excluding hydrogens is 403 g/mol. The van der Waals surface area contributed by atoms with Crippen LogP contribution in [0.4, 0.5) is 0 Å². The molecule has 0 aromatic heterocycles. The molecule has 0 spiro atoms. The van der Waals surface area contributed by atoms with E-state index in [1.54, 1.807) is 38.1 Å². The van der Waals surface area contributed by atoms with Gasteiger partial charge in [0.2, 0.25) is 0 Å². The number of esters is 2. The second-order valence-electron chi connectivity index (χ2n) is 6.10. The van der Waals surface area contributed by atoms with Crippen molar-refractivity contribution in [2.45, 2.75) is 40.2 Å². The lowest BCUT2D eigenvalue weighted by atomic mass is 10.1. The predicted molar refractivity (Wildman–Crippen MR) is 104 cm³/mol. The molecule has 0 aliphatic rings. The molecule has 162 valence electrons. The first-order valence-corrected chi connectivity index (χ1v) is 11.0. The Morgan fingerprint density at radius 1 is 1.07 bits per heavy atom. The number of carbonyl (C=O) groups is 3. The molecule has 0 saturated carbocycles. The topological polar surface area (TPSA) is 125 Å². The monoisotopic (exact) mass is 430 g/mol. The van der Waals surface area contributed by atoms with E-state index in [1.165, 1.54) is 6.92 Å². The fraction of sp³-hybridized carbons (Fsp3) is 0.526. The van der Waals surface area contributed by atoms with E-state index in [1.807, 2.05) is 0 Å². The molecule has 9 nitrogen and oxygen atoms in total. The van der Waals surface area contributed by atoms with Crippen molar-refractivity contribution < 1.29 is 42.6 Å².